The average molecular weight is 210 g/mol. The van der Waals surface area contributed by atoms with Crippen molar-refractivity contribution in [2.45, 2.75) is 19.4 Å². The molecular weight excluding hydrogens is 196 g/mol. The lowest BCUT2D eigenvalue weighted by Crippen LogP contribution is -2.30. The van der Waals surface area contributed by atoms with E-state index in [1.165, 1.54) is 12.8 Å². The van der Waals surface area contributed by atoms with Crippen LogP contribution in [0.4, 0.5) is 0 Å². The minimum atomic E-state index is -0.425. The van der Waals surface area contributed by atoms with Crippen LogP contribution in [-0.4, -0.2) is 29.1 Å². The summed E-state index contributed by atoms with van der Waals surface area (Å²) in [5.41, 5.74) is 2.24. The molecule has 1 amide bonds. The average Bonchev–Trinajstić information content (AvgIpc) is 2.88. The molecule has 0 bridgehead atoms. The molecule has 1 saturated heterocycles. The second kappa shape index (κ2) is 4.41. The molecule has 2 heterocycles. The molecule has 0 unspecified atom stereocenters. The van der Waals surface area contributed by atoms with Crippen LogP contribution in [0.25, 0.3) is 0 Å². The van der Waals surface area contributed by atoms with Crippen molar-refractivity contribution in [1.29, 1.82) is 0 Å². The van der Waals surface area contributed by atoms with Crippen LogP contribution < -0.4 is 11.3 Å². The summed E-state index contributed by atoms with van der Waals surface area (Å²) >= 11 is 0. The molecule has 3 N–H and O–H groups in total. The number of amides is 1. The van der Waals surface area contributed by atoms with E-state index in [-0.39, 0.29) is 5.69 Å². The summed E-state index contributed by atoms with van der Waals surface area (Å²) in [6.07, 6.45) is 2.45. The smallest absolute Gasteiger partial charge is 0.287 e. The Balaban J connectivity index is 1.97. The molecule has 1 aliphatic rings. The number of nitrogens with zero attached hydrogens (tertiary/aromatic N) is 2. The number of nitrogens with one attached hydrogen (secondary N) is 1. The van der Waals surface area contributed by atoms with Crippen LogP contribution in [0.1, 0.15) is 29.1 Å². The molecule has 1 aromatic heterocycles. The predicted octanol–water partition coefficient (Wildman–Crippen LogP) is -0.126. The maximum absolute atomic E-state index is 11.1. The Morgan fingerprint density at radius 2 is 2.33 bits per heavy atom. The van der Waals surface area contributed by atoms with Gasteiger partial charge in [0.2, 0.25) is 0 Å². The number of nitrogen functional groups attached to an aromatic ring is 1. The Hall–Kier alpha value is -1.40. The Morgan fingerprint density at radius 3 is 3.00 bits per heavy atom. The van der Waals surface area contributed by atoms with Gasteiger partial charge < -0.3 is 4.52 Å². The molecule has 0 aromatic carbocycles. The third-order valence-corrected chi connectivity index (χ3v) is 2.50. The lowest BCUT2D eigenvalue weighted by molar-refractivity contribution is 0.0944. The summed E-state index contributed by atoms with van der Waals surface area (Å²) in [5, 5.41) is 3.64. The van der Waals surface area contributed by atoms with E-state index >= 15 is 0 Å². The van der Waals surface area contributed by atoms with E-state index in [1.807, 2.05) is 5.43 Å². The third-order valence-electron chi connectivity index (χ3n) is 2.50. The number of hydrazine groups is 1. The van der Waals surface area contributed by atoms with Gasteiger partial charge in [-0.25, -0.2) is 5.84 Å². The minimum Gasteiger partial charge on any atom is -0.359 e. The van der Waals surface area contributed by atoms with Crippen molar-refractivity contribution in [2.24, 2.45) is 5.84 Å². The first kappa shape index (κ1) is 10.1. The van der Waals surface area contributed by atoms with Gasteiger partial charge in [-0.2, -0.15) is 0 Å². The quantitative estimate of drug-likeness (QED) is 0.412. The molecule has 0 atom stereocenters. The van der Waals surface area contributed by atoms with Gasteiger partial charge in [0, 0.05) is 6.07 Å². The van der Waals surface area contributed by atoms with Crippen LogP contribution in [0.5, 0.6) is 0 Å². The highest BCUT2D eigenvalue weighted by Crippen LogP contribution is 2.13. The number of aromatic nitrogens is 1. The van der Waals surface area contributed by atoms with E-state index < -0.39 is 5.91 Å². The third kappa shape index (κ3) is 2.34. The van der Waals surface area contributed by atoms with Gasteiger partial charge in [0.1, 0.15) is 0 Å². The Kier molecular flexibility index (Phi) is 2.98. The number of rotatable bonds is 3. The molecule has 82 valence electrons. The van der Waals surface area contributed by atoms with Crippen LogP contribution in [0.15, 0.2) is 10.6 Å². The van der Waals surface area contributed by atoms with Crippen LogP contribution >= 0.6 is 0 Å². The molecule has 2 rings (SSSR count). The molecule has 1 aliphatic heterocycles. The van der Waals surface area contributed by atoms with Crippen LogP contribution in [-0.2, 0) is 6.54 Å². The normalized spacial score (nSPS) is 16.9. The van der Waals surface area contributed by atoms with Crippen molar-refractivity contribution >= 4 is 5.91 Å². The molecule has 1 aromatic rings. The van der Waals surface area contributed by atoms with E-state index in [4.69, 9.17) is 10.4 Å². The minimum absolute atomic E-state index is 0.228. The zero-order valence-corrected chi connectivity index (χ0v) is 8.40. The summed E-state index contributed by atoms with van der Waals surface area (Å²) in [6, 6.07) is 1.63. The number of likely N-dealkylation sites (tertiary alicyclic amines) is 1. The molecule has 0 radical (unpaired) electrons. The maximum atomic E-state index is 11.1. The van der Waals surface area contributed by atoms with E-state index in [0.29, 0.717) is 12.3 Å². The van der Waals surface area contributed by atoms with Gasteiger partial charge in [0.15, 0.2) is 11.5 Å². The highest BCUT2D eigenvalue weighted by Gasteiger charge is 2.16. The van der Waals surface area contributed by atoms with Crippen LogP contribution in [0.2, 0.25) is 0 Å². The molecule has 6 heteroatoms. The Labute approximate surface area is 87.4 Å². The highest BCUT2D eigenvalue weighted by atomic mass is 16.5. The van der Waals surface area contributed by atoms with Gasteiger partial charge in [0.05, 0.1) is 6.54 Å². The number of hydrogen-bond donors (Lipinski definition) is 2. The van der Waals surface area contributed by atoms with Crippen molar-refractivity contribution in [3.63, 3.8) is 0 Å². The second-order valence-electron chi connectivity index (χ2n) is 3.64. The lowest BCUT2D eigenvalue weighted by Gasteiger charge is -2.10. The Bertz CT molecular complexity index is 344. The second-order valence-corrected chi connectivity index (χ2v) is 3.64. The van der Waals surface area contributed by atoms with Gasteiger partial charge >= 0.3 is 0 Å². The standard InChI is InChI=1S/C9H14N4O2/c10-11-9(14)8-5-7(15-12-8)6-13-3-1-2-4-13/h5H,1-4,6,10H2,(H,11,14). The molecule has 0 aliphatic carbocycles. The first-order chi connectivity index (χ1) is 7.29. The van der Waals surface area contributed by atoms with Crippen molar-refractivity contribution in [3.8, 4) is 0 Å². The van der Waals surface area contributed by atoms with E-state index in [0.717, 1.165) is 13.1 Å². The van der Waals surface area contributed by atoms with Gasteiger partial charge in [-0.1, -0.05) is 5.16 Å². The molecule has 1 fully saturated rings. The zero-order valence-electron chi connectivity index (χ0n) is 8.40. The van der Waals surface area contributed by atoms with Gasteiger partial charge in [-0.05, 0) is 25.9 Å². The van der Waals surface area contributed by atoms with Crippen molar-refractivity contribution in [3.05, 3.63) is 17.5 Å². The summed E-state index contributed by atoms with van der Waals surface area (Å²) < 4.78 is 5.04. The van der Waals surface area contributed by atoms with E-state index in [9.17, 15) is 4.79 Å². The first-order valence-electron chi connectivity index (χ1n) is 4.98. The summed E-state index contributed by atoms with van der Waals surface area (Å²) in [5.74, 6) is 5.26. The summed E-state index contributed by atoms with van der Waals surface area (Å²) in [6.45, 7) is 2.88. The predicted molar refractivity (Wildman–Crippen MR) is 52.7 cm³/mol. The monoisotopic (exact) mass is 210 g/mol. The number of carbonyl (C=O) groups is 1. The summed E-state index contributed by atoms with van der Waals surface area (Å²) in [4.78, 5) is 13.4. The fourth-order valence-electron chi connectivity index (χ4n) is 1.73. The van der Waals surface area contributed by atoms with Crippen LogP contribution in [0.3, 0.4) is 0 Å². The van der Waals surface area contributed by atoms with E-state index in [1.54, 1.807) is 6.07 Å². The first-order valence-corrected chi connectivity index (χ1v) is 4.98. The van der Waals surface area contributed by atoms with Gasteiger partial charge in [0.25, 0.3) is 5.91 Å². The highest BCUT2D eigenvalue weighted by molar-refractivity contribution is 5.91. The molecule has 0 saturated carbocycles. The van der Waals surface area contributed by atoms with Gasteiger partial charge in [-0.3, -0.25) is 15.1 Å². The van der Waals surface area contributed by atoms with Gasteiger partial charge in [-0.15, -0.1) is 0 Å². The maximum Gasteiger partial charge on any atom is 0.287 e. The lowest BCUT2D eigenvalue weighted by atomic mass is 10.3. The Morgan fingerprint density at radius 1 is 1.60 bits per heavy atom. The molecule has 6 nitrogen and oxygen atoms in total. The van der Waals surface area contributed by atoms with Crippen molar-refractivity contribution in [2.75, 3.05) is 13.1 Å². The summed E-state index contributed by atoms with van der Waals surface area (Å²) in [7, 11) is 0. The number of nitrogens with two attached hydrogens (primary N) is 1. The fraction of sp³-hybridized carbons (Fsp3) is 0.556. The van der Waals surface area contributed by atoms with Crippen molar-refractivity contribution in [1.82, 2.24) is 15.5 Å². The largest absolute Gasteiger partial charge is 0.359 e. The zero-order chi connectivity index (χ0) is 10.7. The van der Waals surface area contributed by atoms with E-state index in [2.05, 4.69) is 10.1 Å². The number of carbonyl (C=O) groups excluding carboxylic acids is 1. The fourth-order valence-corrected chi connectivity index (χ4v) is 1.73. The van der Waals surface area contributed by atoms with Crippen LogP contribution in [0, 0.1) is 0 Å². The topological polar surface area (TPSA) is 84.4 Å². The number of hydrogen-bond acceptors (Lipinski definition) is 5. The molecule has 0 spiro atoms. The SMILES string of the molecule is NNC(=O)c1cc(CN2CCCC2)on1. The molecule has 15 heavy (non-hydrogen) atoms. The molecular formula is C9H14N4O2. The van der Waals surface area contributed by atoms with Crippen molar-refractivity contribution < 1.29 is 9.32 Å².